The number of carbonyl (C=O) groups excluding carboxylic acids is 2. The number of hydrogen-bond acceptors (Lipinski definition) is 3. The van der Waals surface area contributed by atoms with Gasteiger partial charge >= 0.3 is 0 Å². The zero-order valence-electron chi connectivity index (χ0n) is 12.1. The first-order chi connectivity index (χ1) is 11.3. The first kappa shape index (κ1) is 13.4. The van der Waals surface area contributed by atoms with Crippen LogP contribution >= 0.6 is 0 Å². The zero-order chi connectivity index (χ0) is 15.8. The van der Waals surface area contributed by atoms with Crippen LogP contribution in [0.4, 0.5) is 5.82 Å². The summed E-state index contributed by atoms with van der Waals surface area (Å²) in [6.45, 7) is 0. The summed E-state index contributed by atoms with van der Waals surface area (Å²) in [6, 6.07) is 18.0. The highest BCUT2D eigenvalue weighted by Crippen LogP contribution is 2.38. The number of aromatic nitrogens is 1. The third kappa shape index (κ3) is 2.12. The number of pyridine rings is 1. The Morgan fingerprint density at radius 3 is 2.35 bits per heavy atom. The van der Waals surface area contributed by atoms with E-state index in [1.165, 1.54) is 0 Å². The largest absolute Gasteiger partial charge is 0.307 e. The minimum atomic E-state index is -0.332. The molecule has 4 rings (SSSR count). The lowest BCUT2D eigenvalue weighted by Crippen LogP contribution is -2.16. The first-order valence-electron chi connectivity index (χ1n) is 7.25. The Morgan fingerprint density at radius 2 is 1.57 bits per heavy atom. The van der Waals surface area contributed by atoms with Crippen molar-refractivity contribution >= 4 is 17.5 Å². The maximum Gasteiger partial charge on any atom is 0.257 e. The molecule has 0 bridgehead atoms. The molecule has 0 unspecified atom stereocenters. The van der Waals surface area contributed by atoms with E-state index in [0.717, 1.165) is 11.1 Å². The molecule has 0 radical (unpaired) electrons. The second-order valence-corrected chi connectivity index (χ2v) is 5.27. The van der Waals surface area contributed by atoms with Crippen molar-refractivity contribution in [1.29, 1.82) is 0 Å². The predicted molar refractivity (Wildman–Crippen MR) is 87.5 cm³/mol. The molecule has 2 aromatic carbocycles. The summed E-state index contributed by atoms with van der Waals surface area (Å²) in [5.74, 6) is 0.0159. The molecule has 4 heteroatoms. The van der Waals surface area contributed by atoms with Crippen LogP contribution in [0.2, 0.25) is 0 Å². The quantitative estimate of drug-likeness (QED) is 0.616. The average molecular weight is 300 g/mol. The van der Waals surface area contributed by atoms with Crippen LogP contribution in [0.5, 0.6) is 0 Å². The van der Waals surface area contributed by atoms with Gasteiger partial charge in [-0.25, -0.2) is 4.98 Å². The van der Waals surface area contributed by atoms with Gasteiger partial charge in [-0.15, -0.1) is 0 Å². The van der Waals surface area contributed by atoms with E-state index in [1.807, 2.05) is 24.3 Å². The fourth-order valence-corrected chi connectivity index (χ4v) is 2.88. The van der Waals surface area contributed by atoms with Crippen LogP contribution in [0.25, 0.3) is 11.1 Å². The Balaban J connectivity index is 1.78. The second-order valence-electron chi connectivity index (χ2n) is 5.27. The van der Waals surface area contributed by atoms with Crippen molar-refractivity contribution in [2.75, 3.05) is 5.32 Å². The van der Waals surface area contributed by atoms with Crippen LogP contribution in [0.1, 0.15) is 26.3 Å². The number of ketones is 1. The van der Waals surface area contributed by atoms with Gasteiger partial charge in [0.25, 0.3) is 5.91 Å². The molecular formula is C19H12N2O2. The predicted octanol–water partition coefficient (Wildman–Crippen LogP) is 3.55. The van der Waals surface area contributed by atoms with Crippen LogP contribution in [0, 0.1) is 0 Å². The van der Waals surface area contributed by atoms with Gasteiger partial charge in [-0.3, -0.25) is 9.59 Å². The van der Waals surface area contributed by atoms with E-state index in [0.29, 0.717) is 22.5 Å². The summed E-state index contributed by atoms with van der Waals surface area (Å²) in [6.07, 6.45) is 1.60. The average Bonchev–Trinajstić information content (AvgIpc) is 2.89. The van der Waals surface area contributed by atoms with Crippen LogP contribution < -0.4 is 5.32 Å². The van der Waals surface area contributed by atoms with E-state index in [1.54, 1.807) is 42.6 Å². The molecule has 0 atom stereocenters. The van der Waals surface area contributed by atoms with Crippen molar-refractivity contribution in [3.63, 3.8) is 0 Å². The Kier molecular flexibility index (Phi) is 3.01. The molecule has 3 aromatic rings. The molecule has 1 heterocycles. The maximum absolute atomic E-state index is 12.7. The number of benzene rings is 2. The molecule has 23 heavy (non-hydrogen) atoms. The Morgan fingerprint density at radius 1 is 0.826 bits per heavy atom. The van der Waals surface area contributed by atoms with Gasteiger partial charge in [0.15, 0.2) is 5.78 Å². The number of fused-ring (bicyclic) bond motifs is 3. The summed E-state index contributed by atoms with van der Waals surface area (Å²) in [5.41, 5.74) is 3.15. The summed E-state index contributed by atoms with van der Waals surface area (Å²) in [5, 5.41) is 2.73. The first-order valence-corrected chi connectivity index (χ1v) is 7.25. The molecule has 0 saturated heterocycles. The molecule has 1 amide bonds. The van der Waals surface area contributed by atoms with Gasteiger partial charge < -0.3 is 5.32 Å². The summed E-state index contributed by atoms with van der Waals surface area (Å²) >= 11 is 0. The van der Waals surface area contributed by atoms with E-state index >= 15 is 0 Å². The highest BCUT2D eigenvalue weighted by molar-refractivity contribution is 6.26. The van der Waals surface area contributed by atoms with Crippen LogP contribution in [-0.2, 0) is 0 Å². The lowest BCUT2D eigenvalue weighted by molar-refractivity contribution is 0.0998. The third-order valence-electron chi connectivity index (χ3n) is 3.90. The molecule has 0 fully saturated rings. The SMILES string of the molecule is O=C(Nc1ccccn1)c1cccc2c1C(=O)c1ccccc1-2. The van der Waals surface area contributed by atoms with Gasteiger partial charge in [0.05, 0.1) is 5.56 Å². The maximum atomic E-state index is 12.7. The van der Waals surface area contributed by atoms with Crippen LogP contribution in [-0.4, -0.2) is 16.7 Å². The van der Waals surface area contributed by atoms with Crippen molar-refractivity contribution in [2.45, 2.75) is 0 Å². The van der Waals surface area contributed by atoms with Crippen molar-refractivity contribution < 1.29 is 9.59 Å². The van der Waals surface area contributed by atoms with E-state index in [9.17, 15) is 9.59 Å². The van der Waals surface area contributed by atoms with Gasteiger partial charge in [0, 0.05) is 17.3 Å². The van der Waals surface area contributed by atoms with E-state index in [4.69, 9.17) is 0 Å². The molecule has 0 spiro atoms. The van der Waals surface area contributed by atoms with Crippen LogP contribution in [0.3, 0.4) is 0 Å². The highest BCUT2D eigenvalue weighted by Gasteiger charge is 2.30. The van der Waals surface area contributed by atoms with Crippen molar-refractivity contribution in [1.82, 2.24) is 4.98 Å². The summed E-state index contributed by atoms with van der Waals surface area (Å²) < 4.78 is 0. The third-order valence-corrected chi connectivity index (χ3v) is 3.90. The topological polar surface area (TPSA) is 59.1 Å². The van der Waals surface area contributed by atoms with Gasteiger partial charge in [0.2, 0.25) is 0 Å². The molecular weight excluding hydrogens is 288 g/mol. The van der Waals surface area contributed by atoms with Crippen molar-refractivity contribution in [3.05, 3.63) is 83.6 Å². The van der Waals surface area contributed by atoms with Gasteiger partial charge in [-0.1, -0.05) is 42.5 Å². The number of carbonyl (C=O) groups is 2. The zero-order valence-corrected chi connectivity index (χ0v) is 12.1. The highest BCUT2D eigenvalue weighted by atomic mass is 16.2. The molecule has 1 aromatic heterocycles. The molecule has 0 aliphatic heterocycles. The van der Waals surface area contributed by atoms with E-state index in [-0.39, 0.29) is 11.7 Å². The number of rotatable bonds is 2. The number of nitrogens with one attached hydrogen (secondary N) is 1. The molecule has 110 valence electrons. The normalized spacial score (nSPS) is 11.7. The molecule has 1 N–H and O–H groups in total. The monoisotopic (exact) mass is 300 g/mol. The van der Waals surface area contributed by atoms with E-state index < -0.39 is 0 Å². The fraction of sp³-hybridized carbons (Fsp3) is 0. The van der Waals surface area contributed by atoms with Crippen LogP contribution in [0.15, 0.2) is 66.9 Å². The number of anilines is 1. The minimum Gasteiger partial charge on any atom is -0.307 e. The van der Waals surface area contributed by atoms with Gasteiger partial charge in [-0.05, 0) is 29.3 Å². The molecule has 0 saturated carbocycles. The fourth-order valence-electron chi connectivity index (χ4n) is 2.88. The number of amides is 1. The second kappa shape index (κ2) is 5.18. The Labute approximate surface area is 132 Å². The summed E-state index contributed by atoms with van der Waals surface area (Å²) in [4.78, 5) is 29.3. The van der Waals surface area contributed by atoms with Gasteiger partial charge in [-0.2, -0.15) is 0 Å². The Hall–Kier alpha value is -3.27. The lowest BCUT2D eigenvalue weighted by Gasteiger charge is -2.08. The van der Waals surface area contributed by atoms with Crippen molar-refractivity contribution in [3.8, 4) is 11.1 Å². The lowest BCUT2D eigenvalue weighted by atomic mass is 10.0. The van der Waals surface area contributed by atoms with E-state index in [2.05, 4.69) is 10.3 Å². The van der Waals surface area contributed by atoms with Crippen molar-refractivity contribution in [2.24, 2.45) is 0 Å². The molecule has 4 nitrogen and oxygen atoms in total. The summed E-state index contributed by atoms with van der Waals surface area (Å²) in [7, 11) is 0. The molecule has 1 aliphatic rings. The number of nitrogens with zero attached hydrogens (tertiary/aromatic N) is 1. The Bertz CT molecular complexity index is 933. The number of hydrogen-bond donors (Lipinski definition) is 1. The van der Waals surface area contributed by atoms with Gasteiger partial charge in [0.1, 0.15) is 5.82 Å². The smallest absolute Gasteiger partial charge is 0.257 e. The minimum absolute atomic E-state index is 0.109. The standard InChI is InChI=1S/C19H12N2O2/c22-18-14-7-2-1-6-12(14)13-8-5-9-15(17(13)18)19(23)21-16-10-3-4-11-20-16/h1-11H,(H,20,21,23). The molecule has 1 aliphatic carbocycles.